The van der Waals surface area contributed by atoms with Gasteiger partial charge < -0.3 is 20.1 Å². The molecule has 10 heteroatoms. The van der Waals surface area contributed by atoms with Gasteiger partial charge in [-0.2, -0.15) is 0 Å². The summed E-state index contributed by atoms with van der Waals surface area (Å²) in [5, 5.41) is 0. The summed E-state index contributed by atoms with van der Waals surface area (Å²) in [6.45, 7) is 3.54. The zero-order valence-corrected chi connectivity index (χ0v) is 36.0. The molecule has 3 N–H and O–H groups in total. The van der Waals surface area contributed by atoms with Crippen LogP contribution in [0.5, 0.6) is 0 Å². The third kappa shape index (κ3) is 41.4. The lowest BCUT2D eigenvalue weighted by atomic mass is 10.0. The Morgan fingerprint density at radius 2 is 1.00 bits per heavy atom. The Morgan fingerprint density at radius 1 is 0.564 bits per heavy atom. The van der Waals surface area contributed by atoms with E-state index in [1.165, 1.54) is 116 Å². The second kappa shape index (κ2) is 41.6. The highest BCUT2D eigenvalue weighted by Gasteiger charge is 2.25. The molecule has 2 unspecified atom stereocenters. The number of carbonyl (C=O) groups is 2. The topological polar surface area (TPSA) is 134 Å². The van der Waals surface area contributed by atoms with Crippen molar-refractivity contribution in [3.8, 4) is 0 Å². The van der Waals surface area contributed by atoms with Crippen LogP contribution in [0.2, 0.25) is 0 Å². The summed E-state index contributed by atoms with van der Waals surface area (Å²) in [7, 11) is -4.39. The number of unbranched alkanes of at least 4 members (excludes halogenated alkanes) is 20. The van der Waals surface area contributed by atoms with Gasteiger partial charge >= 0.3 is 19.8 Å². The lowest BCUT2D eigenvalue weighted by Gasteiger charge is -2.19. The number of hydrogen-bond donors (Lipinski definition) is 2. The maximum Gasteiger partial charge on any atom is 0.472 e. The molecule has 0 aromatic heterocycles. The quantitative estimate of drug-likeness (QED) is 0.0268. The first-order chi connectivity index (χ1) is 26.8. The molecule has 0 bridgehead atoms. The molecule has 0 amide bonds. The number of nitrogens with two attached hydrogens (primary N) is 1. The molecule has 9 nitrogen and oxygen atoms in total. The van der Waals surface area contributed by atoms with Gasteiger partial charge in [0.05, 0.1) is 13.2 Å². The van der Waals surface area contributed by atoms with Gasteiger partial charge in [0.15, 0.2) is 6.10 Å². The van der Waals surface area contributed by atoms with Crippen molar-refractivity contribution in [2.75, 3.05) is 26.4 Å². The maximum absolute atomic E-state index is 12.5. The third-order valence-corrected chi connectivity index (χ3v) is 10.2. The second-order valence-corrected chi connectivity index (χ2v) is 16.0. The molecule has 0 rings (SSSR count). The number of phosphoric ester groups is 1. The maximum atomic E-state index is 12.5. The van der Waals surface area contributed by atoms with Gasteiger partial charge in [-0.05, 0) is 38.5 Å². The average molecular weight is 796 g/mol. The number of hydrogen-bond acceptors (Lipinski definition) is 8. The molecule has 0 aliphatic carbocycles. The van der Waals surface area contributed by atoms with E-state index in [4.69, 9.17) is 24.3 Å². The van der Waals surface area contributed by atoms with Crippen LogP contribution in [0.25, 0.3) is 0 Å². The molecule has 0 aliphatic rings. The van der Waals surface area contributed by atoms with Crippen molar-refractivity contribution in [1.82, 2.24) is 0 Å². The lowest BCUT2D eigenvalue weighted by Crippen LogP contribution is -2.29. The Balaban J connectivity index is 4.12. The molecular weight excluding hydrogens is 713 g/mol. The zero-order chi connectivity index (χ0) is 40.3. The van der Waals surface area contributed by atoms with Gasteiger partial charge in [0.2, 0.25) is 0 Å². The third-order valence-electron chi connectivity index (χ3n) is 9.24. The smallest absolute Gasteiger partial charge is 0.462 e. The summed E-state index contributed by atoms with van der Waals surface area (Å²) in [5.74, 6) is -0.919. The van der Waals surface area contributed by atoms with E-state index in [-0.39, 0.29) is 32.6 Å². The molecule has 55 heavy (non-hydrogen) atoms. The second-order valence-electron chi connectivity index (χ2n) is 14.5. The predicted octanol–water partition coefficient (Wildman–Crippen LogP) is 12.7. The summed E-state index contributed by atoms with van der Waals surface area (Å²) in [4.78, 5) is 34.8. The van der Waals surface area contributed by atoms with Crippen LogP contribution in [0.4, 0.5) is 0 Å². The van der Waals surface area contributed by atoms with Crippen molar-refractivity contribution in [1.29, 1.82) is 0 Å². The number of rotatable bonds is 41. The van der Waals surface area contributed by atoms with E-state index in [0.717, 1.165) is 44.9 Å². The van der Waals surface area contributed by atoms with E-state index in [1.807, 2.05) is 12.2 Å². The standard InChI is InChI=1S/C45H82NO8P/c1-3-5-7-9-11-13-15-17-18-19-20-21-22-23-24-26-27-29-31-33-35-37-44(47)51-41-43(42-53-55(49,50)52-40-39-46)54-45(48)38-36-34-32-30-28-25-16-14-12-10-8-6-4-2/h6,8,12,14,25,28,32,34,43H,3-5,7,9-11,13,15-24,26-27,29-31,33,35-42,46H2,1-2H3,(H,49,50)/b8-6-,14-12-,28-25-,34-32-. The molecule has 0 saturated heterocycles. The monoisotopic (exact) mass is 796 g/mol. The Labute approximate surface area is 336 Å². The number of carbonyl (C=O) groups excluding carboxylic acids is 2. The summed E-state index contributed by atoms with van der Waals surface area (Å²) >= 11 is 0. The Hall–Kier alpha value is -2.03. The van der Waals surface area contributed by atoms with Crippen LogP contribution in [-0.4, -0.2) is 49.3 Å². The molecule has 0 aromatic carbocycles. The van der Waals surface area contributed by atoms with Gasteiger partial charge in [-0.3, -0.25) is 18.6 Å². The predicted molar refractivity (Wildman–Crippen MR) is 229 cm³/mol. The number of phosphoric acid groups is 1. The summed E-state index contributed by atoms with van der Waals surface area (Å²) in [6, 6.07) is 0. The van der Waals surface area contributed by atoms with Crippen molar-refractivity contribution in [3.05, 3.63) is 48.6 Å². The van der Waals surface area contributed by atoms with Gasteiger partial charge in [0.25, 0.3) is 0 Å². The zero-order valence-electron chi connectivity index (χ0n) is 35.2. The van der Waals surface area contributed by atoms with E-state index in [2.05, 4.69) is 50.3 Å². The largest absolute Gasteiger partial charge is 0.472 e. The van der Waals surface area contributed by atoms with E-state index < -0.39 is 32.5 Å². The van der Waals surface area contributed by atoms with Crippen LogP contribution < -0.4 is 5.73 Å². The highest BCUT2D eigenvalue weighted by molar-refractivity contribution is 7.47. The van der Waals surface area contributed by atoms with Crippen LogP contribution in [-0.2, 0) is 32.7 Å². The fraction of sp³-hybridized carbons (Fsp3) is 0.778. The van der Waals surface area contributed by atoms with Gasteiger partial charge in [0, 0.05) is 19.4 Å². The SMILES string of the molecule is CC/C=C\C/C=C\C/C=C\C/C=C\CCC(=O)OC(COC(=O)CCCCCCCCCCCCCCCCCCCCCCC)COP(=O)(O)OCCN. The molecule has 320 valence electrons. The fourth-order valence-electron chi connectivity index (χ4n) is 6.00. The van der Waals surface area contributed by atoms with E-state index in [9.17, 15) is 19.0 Å². The number of ether oxygens (including phenoxy) is 2. The first kappa shape index (κ1) is 53.0. The van der Waals surface area contributed by atoms with E-state index in [0.29, 0.717) is 6.42 Å². The fourth-order valence-corrected chi connectivity index (χ4v) is 6.77. The first-order valence-corrected chi connectivity index (χ1v) is 23.6. The summed E-state index contributed by atoms with van der Waals surface area (Å²) in [6.07, 6.45) is 47.4. The van der Waals surface area contributed by atoms with Crippen molar-refractivity contribution in [2.45, 2.75) is 200 Å². The molecule has 0 heterocycles. The molecule has 0 aliphatic heterocycles. The summed E-state index contributed by atoms with van der Waals surface area (Å²) in [5.41, 5.74) is 5.34. The molecule has 0 spiro atoms. The normalized spacial score (nSPS) is 13.7. The molecule has 0 saturated carbocycles. The number of allylic oxidation sites excluding steroid dienone is 8. The molecular formula is C45H82NO8P. The molecule has 0 radical (unpaired) electrons. The Bertz CT molecular complexity index is 1040. The van der Waals surface area contributed by atoms with E-state index in [1.54, 1.807) is 0 Å². The molecule has 0 fully saturated rings. The molecule has 2 atom stereocenters. The average Bonchev–Trinajstić information content (AvgIpc) is 3.17. The first-order valence-electron chi connectivity index (χ1n) is 22.1. The van der Waals surface area contributed by atoms with Gasteiger partial charge in [0.1, 0.15) is 6.61 Å². The highest BCUT2D eigenvalue weighted by atomic mass is 31.2. The van der Waals surface area contributed by atoms with E-state index >= 15 is 0 Å². The van der Waals surface area contributed by atoms with Crippen LogP contribution >= 0.6 is 7.82 Å². The van der Waals surface area contributed by atoms with Crippen molar-refractivity contribution < 1.29 is 37.6 Å². The summed E-state index contributed by atoms with van der Waals surface area (Å²) < 4.78 is 32.7. The van der Waals surface area contributed by atoms with Crippen LogP contribution in [0.1, 0.15) is 194 Å². The minimum Gasteiger partial charge on any atom is -0.462 e. The minimum absolute atomic E-state index is 0.0424. The van der Waals surface area contributed by atoms with Crippen LogP contribution in [0.15, 0.2) is 48.6 Å². The van der Waals surface area contributed by atoms with Crippen LogP contribution in [0.3, 0.4) is 0 Å². The van der Waals surface area contributed by atoms with Crippen molar-refractivity contribution in [2.24, 2.45) is 5.73 Å². The van der Waals surface area contributed by atoms with Gasteiger partial charge in [-0.25, -0.2) is 4.57 Å². The van der Waals surface area contributed by atoms with Crippen molar-refractivity contribution in [3.63, 3.8) is 0 Å². The van der Waals surface area contributed by atoms with Crippen LogP contribution in [0, 0.1) is 0 Å². The van der Waals surface area contributed by atoms with Gasteiger partial charge in [-0.1, -0.05) is 191 Å². The Kier molecular flexibility index (Phi) is 40.1. The minimum atomic E-state index is -4.39. The molecule has 0 aromatic rings. The van der Waals surface area contributed by atoms with Crippen molar-refractivity contribution >= 4 is 19.8 Å². The highest BCUT2D eigenvalue weighted by Crippen LogP contribution is 2.43. The Morgan fingerprint density at radius 3 is 1.45 bits per heavy atom. The number of esters is 2. The lowest BCUT2D eigenvalue weighted by molar-refractivity contribution is -0.161. The van der Waals surface area contributed by atoms with Gasteiger partial charge in [-0.15, -0.1) is 0 Å².